The van der Waals surface area contributed by atoms with Crippen molar-refractivity contribution in [3.05, 3.63) is 34.4 Å². The van der Waals surface area contributed by atoms with Crippen molar-refractivity contribution in [3.63, 3.8) is 0 Å². The number of nitrogens with one attached hydrogen (secondary N) is 1. The predicted molar refractivity (Wildman–Crippen MR) is 77.5 cm³/mol. The molecule has 2 atom stereocenters. The third-order valence-electron chi connectivity index (χ3n) is 3.52. The van der Waals surface area contributed by atoms with Crippen LogP contribution in [0.1, 0.15) is 0 Å². The van der Waals surface area contributed by atoms with E-state index in [1.165, 1.54) is 6.07 Å². The summed E-state index contributed by atoms with van der Waals surface area (Å²) < 4.78 is 23.4. The van der Waals surface area contributed by atoms with Gasteiger partial charge in [0.2, 0.25) is 0 Å². The summed E-state index contributed by atoms with van der Waals surface area (Å²) in [6.07, 6.45) is 0. The van der Waals surface area contributed by atoms with Crippen molar-refractivity contribution < 1.29 is 13.3 Å². The van der Waals surface area contributed by atoms with Crippen LogP contribution < -0.4 is 10.2 Å². The Morgan fingerprint density at radius 2 is 2.05 bits per heavy atom. The van der Waals surface area contributed by atoms with Gasteiger partial charge in [-0.1, -0.05) is 12.1 Å². The summed E-state index contributed by atoms with van der Waals surface area (Å²) in [6.45, 7) is 0. The van der Waals surface area contributed by atoms with Crippen LogP contribution in [-0.2, 0) is 9.84 Å². The lowest BCUT2D eigenvalue weighted by Crippen LogP contribution is -2.37. The summed E-state index contributed by atoms with van der Waals surface area (Å²) in [5.41, 5.74) is 0.251. The molecule has 1 N–H and O–H groups in total. The Hall–Kier alpha value is -1.74. The highest BCUT2D eigenvalue weighted by Gasteiger charge is 2.48. The largest absolute Gasteiger partial charge is 0.356 e. The number of nitrogens with zero attached hydrogens (tertiary/aromatic N) is 2. The number of hydrogen-bond acceptors (Lipinski definition) is 5. The molecule has 2 aliphatic rings. The van der Waals surface area contributed by atoms with E-state index in [0.717, 1.165) is 0 Å². The molecule has 0 saturated carbocycles. The second kappa shape index (κ2) is 4.38. The summed E-state index contributed by atoms with van der Waals surface area (Å²) in [5, 5.41) is 14.4. The maximum absolute atomic E-state index is 11.7. The lowest BCUT2D eigenvalue weighted by molar-refractivity contribution is -0.384. The van der Waals surface area contributed by atoms with Gasteiger partial charge in [0.25, 0.3) is 5.69 Å². The van der Waals surface area contributed by atoms with Crippen LogP contribution in [0.25, 0.3) is 0 Å². The van der Waals surface area contributed by atoms with Crippen LogP contribution in [0.15, 0.2) is 24.3 Å². The minimum Gasteiger partial charge on any atom is -0.356 e. The van der Waals surface area contributed by atoms with Gasteiger partial charge in [0.1, 0.15) is 5.69 Å². The zero-order valence-corrected chi connectivity index (χ0v) is 11.9. The molecule has 1 aromatic carbocycles. The average Bonchev–Trinajstić information content (AvgIpc) is 2.79. The second-order valence-corrected chi connectivity index (χ2v) is 7.36. The molecule has 0 aliphatic carbocycles. The molecule has 2 aliphatic heterocycles. The van der Waals surface area contributed by atoms with E-state index >= 15 is 0 Å². The monoisotopic (exact) mass is 313 g/mol. The minimum atomic E-state index is -3.14. The van der Waals surface area contributed by atoms with Crippen LogP contribution >= 0.6 is 12.2 Å². The Bertz CT molecular complexity index is 703. The summed E-state index contributed by atoms with van der Waals surface area (Å²) >= 11 is 5.20. The van der Waals surface area contributed by atoms with Crippen molar-refractivity contribution in [1.82, 2.24) is 5.32 Å². The number of hydrogen-bond donors (Lipinski definition) is 1. The normalized spacial score (nSPS) is 27.2. The third kappa shape index (κ3) is 2.02. The molecule has 106 valence electrons. The van der Waals surface area contributed by atoms with Gasteiger partial charge in [-0.2, -0.15) is 0 Å². The molecule has 7 nitrogen and oxygen atoms in total. The van der Waals surface area contributed by atoms with E-state index in [0.29, 0.717) is 10.8 Å². The Labute approximate surface area is 120 Å². The van der Waals surface area contributed by atoms with Crippen LogP contribution in [0, 0.1) is 10.1 Å². The molecule has 1 aromatic rings. The lowest BCUT2D eigenvalue weighted by atomic mass is 10.1. The first kappa shape index (κ1) is 13.3. The number of nitro benzene ring substituents is 1. The molecule has 3 rings (SSSR count). The minimum absolute atomic E-state index is 0.00887. The summed E-state index contributed by atoms with van der Waals surface area (Å²) in [4.78, 5) is 12.2. The van der Waals surface area contributed by atoms with E-state index in [2.05, 4.69) is 5.32 Å². The zero-order valence-electron chi connectivity index (χ0n) is 10.2. The maximum atomic E-state index is 11.7. The number of nitro groups is 1. The maximum Gasteiger partial charge on any atom is 0.292 e. The summed E-state index contributed by atoms with van der Waals surface area (Å²) in [7, 11) is -3.14. The van der Waals surface area contributed by atoms with Gasteiger partial charge in [-0.25, -0.2) is 8.42 Å². The Morgan fingerprint density at radius 3 is 2.75 bits per heavy atom. The first-order chi connectivity index (χ1) is 9.39. The van der Waals surface area contributed by atoms with Crippen molar-refractivity contribution >= 4 is 38.5 Å². The molecule has 0 aromatic heterocycles. The van der Waals surface area contributed by atoms with Gasteiger partial charge in [-0.15, -0.1) is 0 Å². The SMILES string of the molecule is O=[N+]([O-])c1ccccc1N1C(=S)N[C@@H]2CS(=O)(=O)C[C@H]21. The van der Waals surface area contributed by atoms with Gasteiger partial charge in [-0.05, 0) is 18.3 Å². The Kier molecular flexibility index (Phi) is 2.91. The number of anilines is 1. The first-order valence-electron chi connectivity index (χ1n) is 5.92. The van der Waals surface area contributed by atoms with E-state index < -0.39 is 14.8 Å². The molecule has 0 radical (unpaired) electrons. The number of benzene rings is 1. The number of sulfone groups is 1. The average molecular weight is 313 g/mol. The van der Waals surface area contributed by atoms with Gasteiger partial charge >= 0.3 is 0 Å². The highest BCUT2D eigenvalue weighted by Crippen LogP contribution is 2.35. The van der Waals surface area contributed by atoms with Crippen LogP contribution in [-0.4, -0.2) is 42.0 Å². The van der Waals surface area contributed by atoms with Crippen molar-refractivity contribution in [2.24, 2.45) is 0 Å². The van der Waals surface area contributed by atoms with E-state index in [-0.39, 0.29) is 29.3 Å². The molecular formula is C11H11N3O4S2. The predicted octanol–water partition coefficient (Wildman–Crippen LogP) is 0.455. The molecule has 0 spiro atoms. The number of para-hydroxylation sites is 2. The third-order valence-corrected chi connectivity index (χ3v) is 5.55. The molecule has 0 amide bonds. The molecule has 20 heavy (non-hydrogen) atoms. The zero-order chi connectivity index (χ0) is 14.5. The smallest absolute Gasteiger partial charge is 0.292 e. The quantitative estimate of drug-likeness (QED) is 0.481. The van der Waals surface area contributed by atoms with Crippen molar-refractivity contribution in [3.8, 4) is 0 Å². The fourth-order valence-electron chi connectivity index (χ4n) is 2.71. The standard InChI is InChI=1S/C11H11N3O4S2/c15-14(16)9-4-2-1-3-8(9)13-10-6-20(17,18)5-7(10)12-11(13)19/h1-4,7,10H,5-6H2,(H,12,19)/t7-,10-/m1/s1. The van der Waals surface area contributed by atoms with Gasteiger partial charge in [0.05, 0.1) is 28.5 Å². The van der Waals surface area contributed by atoms with Gasteiger partial charge in [-0.3, -0.25) is 10.1 Å². The molecule has 9 heteroatoms. The van der Waals surface area contributed by atoms with E-state index in [1.54, 1.807) is 23.1 Å². The molecule has 0 unspecified atom stereocenters. The highest BCUT2D eigenvalue weighted by atomic mass is 32.2. The lowest BCUT2D eigenvalue weighted by Gasteiger charge is -2.22. The van der Waals surface area contributed by atoms with Crippen molar-refractivity contribution in [1.29, 1.82) is 0 Å². The van der Waals surface area contributed by atoms with Crippen LogP contribution in [0.3, 0.4) is 0 Å². The second-order valence-electron chi connectivity index (χ2n) is 4.82. The number of thiocarbonyl (C=S) groups is 1. The summed E-state index contributed by atoms with van der Waals surface area (Å²) in [6, 6.07) is 5.52. The van der Waals surface area contributed by atoms with Crippen molar-refractivity contribution in [2.75, 3.05) is 16.4 Å². The Morgan fingerprint density at radius 1 is 1.35 bits per heavy atom. The Balaban J connectivity index is 2.06. The van der Waals surface area contributed by atoms with Crippen LogP contribution in [0.5, 0.6) is 0 Å². The molecule has 2 heterocycles. The van der Waals surface area contributed by atoms with Gasteiger partial charge < -0.3 is 10.2 Å². The van der Waals surface area contributed by atoms with E-state index in [4.69, 9.17) is 12.2 Å². The molecule has 2 fully saturated rings. The fourth-order valence-corrected chi connectivity index (χ4v) is 4.99. The number of fused-ring (bicyclic) bond motifs is 1. The fraction of sp³-hybridized carbons (Fsp3) is 0.364. The van der Waals surface area contributed by atoms with Crippen molar-refractivity contribution in [2.45, 2.75) is 12.1 Å². The molecular weight excluding hydrogens is 302 g/mol. The van der Waals surface area contributed by atoms with Gasteiger partial charge in [0.15, 0.2) is 14.9 Å². The van der Waals surface area contributed by atoms with Crippen LogP contribution in [0.4, 0.5) is 11.4 Å². The summed E-state index contributed by atoms with van der Waals surface area (Å²) in [5.74, 6) is -0.0359. The van der Waals surface area contributed by atoms with E-state index in [1.807, 2.05) is 0 Å². The van der Waals surface area contributed by atoms with Gasteiger partial charge in [0, 0.05) is 6.07 Å². The molecule has 0 bridgehead atoms. The van der Waals surface area contributed by atoms with Crippen LogP contribution in [0.2, 0.25) is 0 Å². The number of rotatable bonds is 2. The highest BCUT2D eigenvalue weighted by molar-refractivity contribution is 7.91. The first-order valence-corrected chi connectivity index (χ1v) is 8.15. The topological polar surface area (TPSA) is 92.6 Å². The van der Waals surface area contributed by atoms with E-state index in [9.17, 15) is 18.5 Å². The molecule has 2 saturated heterocycles.